The van der Waals surface area contributed by atoms with Gasteiger partial charge in [-0.3, -0.25) is 0 Å². The lowest BCUT2D eigenvalue weighted by Gasteiger charge is -2.12. The van der Waals surface area contributed by atoms with Crippen LogP contribution in [0.25, 0.3) is 0 Å². The average molecular weight is 145 g/mol. The summed E-state index contributed by atoms with van der Waals surface area (Å²) in [6.07, 6.45) is 2.50. The lowest BCUT2D eigenvalue weighted by molar-refractivity contribution is 0.899. The van der Waals surface area contributed by atoms with Gasteiger partial charge >= 0.3 is 0 Å². The molecule has 0 saturated heterocycles. The third kappa shape index (κ3) is 4.83. The molecule has 0 aliphatic rings. The lowest BCUT2D eigenvalue weighted by Crippen LogP contribution is -1.95. The molecule has 55 valence electrons. The van der Waals surface area contributed by atoms with E-state index in [1.165, 1.54) is 12.8 Å². The second kappa shape index (κ2) is 5.16. The molecule has 1 heteroatoms. The van der Waals surface area contributed by atoms with Crippen molar-refractivity contribution >= 4 is 11.8 Å². The van der Waals surface area contributed by atoms with Gasteiger partial charge in [0.1, 0.15) is 0 Å². The van der Waals surface area contributed by atoms with Crippen LogP contribution in [0, 0.1) is 5.25 Å². The van der Waals surface area contributed by atoms with Gasteiger partial charge in [0.2, 0.25) is 0 Å². The zero-order valence-corrected chi connectivity index (χ0v) is 7.72. The summed E-state index contributed by atoms with van der Waals surface area (Å²) in [7, 11) is 0. The molecule has 0 aromatic carbocycles. The Morgan fingerprint density at radius 1 is 1.44 bits per heavy atom. The first-order chi connectivity index (χ1) is 4.20. The molecule has 0 fully saturated rings. The summed E-state index contributed by atoms with van der Waals surface area (Å²) in [5.74, 6) is 0. The summed E-state index contributed by atoms with van der Waals surface area (Å²) in [5, 5.41) is 2.37. The highest BCUT2D eigenvalue weighted by Crippen LogP contribution is 2.27. The van der Waals surface area contributed by atoms with Crippen molar-refractivity contribution in [3.63, 3.8) is 0 Å². The topological polar surface area (TPSA) is 0 Å². The Morgan fingerprint density at radius 3 is 2.33 bits per heavy atom. The predicted molar refractivity (Wildman–Crippen MR) is 46.6 cm³/mol. The Morgan fingerprint density at radius 2 is 2.00 bits per heavy atom. The average Bonchev–Trinajstić information content (AvgIpc) is 1.87. The molecule has 9 heavy (non-hydrogen) atoms. The maximum absolute atomic E-state index is 2.28. The molecule has 0 bridgehead atoms. The van der Waals surface area contributed by atoms with Crippen molar-refractivity contribution < 1.29 is 0 Å². The Kier molecular flexibility index (Phi) is 5.36. The van der Waals surface area contributed by atoms with E-state index in [1.807, 2.05) is 11.8 Å². The van der Waals surface area contributed by atoms with Crippen LogP contribution in [0.4, 0.5) is 0 Å². The summed E-state index contributed by atoms with van der Waals surface area (Å²) in [6, 6.07) is 0. The van der Waals surface area contributed by atoms with Gasteiger partial charge in [-0.1, -0.05) is 20.8 Å². The molecule has 0 spiro atoms. The molecule has 0 nitrogen and oxygen atoms in total. The summed E-state index contributed by atoms with van der Waals surface area (Å²) in [4.78, 5) is 0. The normalized spacial score (nSPS) is 14.3. The van der Waals surface area contributed by atoms with Crippen LogP contribution in [-0.4, -0.2) is 5.25 Å². The number of hydrogen-bond donors (Lipinski definition) is 0. The highest BCUT2D eigenvalue weighted by atomic mass is 32.2. The minimum atomic E-state index is 0.810. The van der Waals surface area contributed by atoms with Crippen molar-refractivity contribution in [2.75, 3.05) is 0 Å². The molecular weight excluding hydrogens is 128 g/mol. The zero-order chi connectivity index (χ0) is 7.28. The van der Waals surface area contributed by atoms with Gasteiger partial charge in [-0.25, -0.2) is 0 Å². The SMILES string of the molecule is CC[C](C)SC(C)CC. The van der Waals surface area contributed by atoms with Gasteiger partial charge in [0, 0.05) is 10.5 Å². The van der Waals surface area contributed by atoms with Crippen molar-refractivity contribution in [2.24, 2.45) is 0 Å². The fourth-order valence-corrected chi connectivity index (χ4v) is 1.53. The molecule has 0 aliphatic heterocycles. The molecule has 1 unspecified atom stereocenters. The molecule has 1 radical (unpaired) electrons. The first kappa shape index (κ1) is 9.35. The summed E-state index contributed by atoms with van der Waals surface area (Å²) in [5.41, 5.74) is 0. The van der Waals surface area contributed by atoms with Gasteiger partial charge < -0.3 is 0 Å². The van der Waals surface area contributed by atoms with E-state index in [4.69, 9.17) is 0 Å². The molecule has 0 rings (SSSR count). The third-order valence-corrected chi connectivity index (χ3v) is 2.90. The van der Waals surface area contributed by atoms with E-state index < -0.39 is 0 Å². The molecule has 0 aliphatic carbocycles. The van der Waals surface area contributed by atoms with Crippen LogP contribution in [-0.2, 0) is 0 Å². The molecule has 1 atom stereocenters. The van der Waals surface area contributed by atoms with Crippen LogP contribution < -0.4 is 0 Å². The van der Waals surface area contributed by atoms with Gasteiger partial charge in [0.05, 0.1) is 0 Å². The Balaban J connectivity index is 3.22. The Bertz CT molecular complexity index is 53.6. The highest BCUT2D eigenvalue weighted by molar-refractivity contribution is 8.02. The second-order valence-electron chi connectivity index (χ2n) is 2.39. The molecule has 0 aromatic heterocycles. The van der Waals surface area contributed by atoms with E-state index in [-0.39, 0.29) is 0 Å². The van der Waals surface area contributed by atoms with E-state index in [0.29, 0.717) is 0 Å². The van der Waals surface area contributed by atoms with Crippen LogP contribution >= 0.6 is 11.8 Å². The summed E-state index contributed by atoms with van der Waals surface area (Å²) >= 11 is 2.02. The van der Waals surface area contributed by atoms with E-state index >= 15 is 0 Å². The van der Waals surface area contributed by atoms with Crippen molar-refractivity contribution in [3.05, 3.63) is 5.25 Å². The second-order valence-corrected chi connectivity index (χ2v) is 4.13. The van der Waals surface area contributed by atoms with Gasteiger partial charge in [-0.2, -0.15) is 11.8 Å². The van der Waals surface area contributed by atoms with Crippen LogP contribution in [0.2, 0.25) is 0 Å². The predicted octanol–water partition coefficient (Wildman–Crippen LogP) is 3.48. The fraction of sp³-hybridized carbons (Fsp3) is 0.875. The molecule has 0 amide bonds. The summed E-state index contributed by atoms with van der Waals surface area (Å²) in [6.45, 7) is 8.95. The number of hydrogen-bond acceptors (Lipinski definition) is 1. The smallest absolute Gasteiger partial charge is 0.0275 e. The lowest BCUT2D eigenvalue weighted by atomic mass is 10.4. The van der Waals surface area contributed by atoms with E-state index in [1.54, 1.807) is 5.25 Å². The minimum absolute atomic E-state index is 0.810. The molecule has 0 heterocycles. The van der Waals surface area contributed by atoms with Crippen molar-refractivity contribution in [1.82, 2.24) is 0 Å². The minimum Gasteiger partial charge on any atom is -0.151 e. The van der Waals surface area contributed by atoms with Gasteiger partial charge in [-0.15, -0.1) is 0 Å². The van der Waals surface area contributed by atoms with Gasteiger partial charge in [-0.05, 0) is 19.8 Å². The van der Waals surface area contributed by atoms with E-state index in [0.717, 1.165) is 5.25 Å². The highest BCUT2D eigenvalue weighted by Gasteiger charge is 2.04. The first-order valence-corrected chi connectivity index (χ1v) is 4.57. The van der Waals surface area contributed by atoms with Gasteiger partial charge in [0.25, 0.3) is 0 Å². The van der Waals surface area contributed by atoms with Crippen molar-refractivity contribution in [1.29, 1.82) is 0 Å². The van der Waals surface area contributed by atoms with Crippen LogP contribution in [0.15, 0.2) is 0 Å². The van der Waals surface area contributed by atoms with E-state index in [9.17, 15) is 0 Å². The molecule has 0 N–H and O–H groups in total. The van der Waals surface area contributed by atoms with Crippen LogP contribution in [0.3, 0.4) is 0 Å². The van der Waals surface area contributed by atoms with Gasteiger partial charge in [0.15, 0.2) is 0 Å². The maximum atomic E-state index is 2.28. The quantitative estimate of drug-likeness (QED) is 0.583. The summed E-state index contributed by atoms with van der Waals surface area (Å²) < 4.78 is 0. The molecular formula is C8H17S. The first-order valence-electron chi connectivity index (χ1n) is 3.69. The Labute approximate surface area is 63.4 Å². The van der Waals surface area contributed by atoms with Crippen LogP contribution in [0.1, 0.15) is 40.5 Å². The number of rotatable bonds is 4. The largest absolute Gasteiger partial charge is 0.151 e. The molecule has 0 saturated carbocycles. The fourth-order valence-electron chi connectivity index (χ4n) is 0.510. The standard InChI is InChI=1S/C8H17S/c1-5-7(3)9-8(4)6-2/h7H,5-6H2,1-4H3. The number of thioether (sulfide) groups is 1. The molecule has 0 aromatic rings. The third-order valence-electron chi connectivity index (χ3n) is 1.48. The monoisotopic (exact) mass is 145 g/mol. The van der Waals surface area contributed by atoms with Crippen molar-refractivity contribution in [3.8, 4) is 0 Å². The zero-order valence-electron chi connectivity index (χ0n) is 6.90. The van der Waals surface area contributed by atoms with E-state index in [2.05, 4.69) is 27.7 Å². The van der Waals surface area contributed by atoms with Crippen molar-refractivity contribution in [2.45, 2.75) is 45.8 Å². The van der Waals surface area contributed by atoms with Crippen LogP contribution in [0.5, 0.6) is 0 Å². The maximum Gasteiger partial charge on any atom is 0.0275 e. The Hall–Kier alpha value is 0.350.